The smallest absolute Gasteiger partial charge is 0.191 e. The molecular weight excluding hydrogens is 310 g/mol. The second kappa shape index (κ2) is 8.65. The Morgan fingerprint density at radius 2 is 2.04 bits per heavy atom. The summed E-state index contributed by atoms with van der Waals surface area (Å²) >= 11 is 0. The van der Waals surface area contributed by atoms with E-state index in [0.29, 0.717) is 6.04 Å². The topological polar surface area (TPSA) is 52.6 Å². The lowest BCUT2D eigenvalue weighted by Gasteiger charge is -2.47. The van der Waals surface area contributed by atoms with Crippen molar-refractivity contribution in [3.63, 3.8) is 0 Å². The van der Waals surface area contributed by atoms with E-state index in [2.05, 4.69) is 46.6 Å². The Hall–Kier alpha value is -1.62. The van der Waals surface area contributed by atoms with E-state index < -0.39 is 0 Å². The van der Waals surface area contributed by atoms with Crippen LogP contribution in [0.5, 0.6) is 0 Å². The van der Waals surface area contributed by atoms with Crippen LogP contribution in [0.2, 0.25) is 0 Å². The number of guanidine groups is 1. The zero-order valence-corrected chi connectivity index (χ0v) is 16.0. The van der Waals surface area contributed by atoms with Crippen molar-refractivity contribution in [3.05, 3.63) is 29.6 Å². The molecule has 2 aliphatic heterocycles. The molecule has 0 aliphatic carbocycles. The highest BCUT2D eigenvalue weighted by molar-refractivity contribution is 5.80. The average Bonchev–Trinajstić information content (AvgIpc) is 2.58. The van der Waals surface area contributed by atoms with E-state index in [1.807, 2.05) is 13.1 Å². The quantitative estimate of drug-likeness (QED) is 0.637. The van der Waals surface area contributed by atoms with Crippen LogP contribution in [0.1, 0.15) is 50.3 Å². The van der Waals surface area contributed by atoms with Crippen LogP contribution in [0.25, 0.3) is 0 Å². The van der Waals surface area contributed by atoms with E-state index in [-0.39, 0.29) is 0 Å². The first-order valence-corrected chi connectivity index (χ1v) is 9.84. The Kier molecular flexibility index (Phi) is 6.29. The number of nitrogens with one attached hydrogen (secondary N) is 2. The summed E-state index contributed by atoms with van der Waals surface area (Å²) in [4.78, 5) is 11.8. The first-order chi connectivity index (χ1) is 12.2. The molecule has 3 heterocycles. The van der Waals surface area contributed by atoms with Crippen molar-refractivity contribution in [1.29, 1.82) is 0 Å². The fraction of sp³-hybridized carbons (Fsp3) is 0.700. The lowest BCUT2D eigenvalue weighted by molar-refractivity contribution is 0.0526. The second-order valence-corrected chi connectivity index (χ2v) is 7.54. The molecule has 0 amide bonds. The van der Waals surface area contributed by atoms with E-state index in [1.54, 1.807) is 0 Å². The fourth-order valence-electron chi connectivity index (χ4n) is 4.19. The molecule has 0 saturated carbocycles. The first kappa shape index (κ1) is 18.2. The summed E-state index contributed by atoms with van der Waals surface area (Å²) < 4.78 is 0. The van der Waals surface area contributed by atoms with Gasteiger partial charge in [-0.05, 0) is 64.6 Å². The molecule has 138 valence electrons. The van der Waals surface area contributed by atoms with Gasteiger partial charge in [0.1, 0.15) is 0 Å². The molecule has 2 atom stereocenters. The monoisotopic (exact) mass is 343 g/mol. The van der Waals surface area contributed by atoms with Gasteiger partial charge in [-0.15, -0.1) is 0 Å². The molecule has 0 spiro atoms. The minimum absolute atomic E-state index is 0.547. The van der Waals surface area contributed by atoms with Gasteiger partial charge in [0.2, 0.25) is 0 Å². The maximum atomic E-state index is 4.79. The van der Waals surface area contributed by atoms with Gasteiger partial charge in [0.15, 0.2) is 5.96 Å². The molecule has 0 radical (unpaired) electrons. The average molecular weight is 344 g/mol. The Morgan fingerprint density at radius 3 is 2.68 bits per heavy atom. The van der Waals surface area contributed by atoms with Crippen LogP contribution in [0.3, 0.4) is 0 Å². The highest BCUT2D eigenvalue weighted by Gasteiger charge is 2.36. The van der Waals surface area contributed by atoms with Gasteiger partial charge in [0, 0.05) is 43.1 Å². The number of hydrogen-bond acceptors (Lipinski definition) is 3. The van der Waals surface area contributed by atoms with E-state index in [1.165, 1.54) is 37.7 Å². The summed E-state index contributed by atoms with van der Waals surface area (Å²) in [5.74, 6) is 0.968. The summed E-state index contributed by atoms with van der Waals surface area (Å²) in [7, 11) is 2.31. The Bertz CT molecular complexity index is 554. The number of fused-ring (bicyclic) bond motifs is 2. The number of pyridine rings is 1. The number of hydrogen-bond donors (Lipinski definition) is 2. The Balaban J connectivity index is 1.54. The predicted octanol–water partition coefficient (Wildman–Crippen LogP) is 2.50. The van der Waals surface area contributed by atoms with Crippen molar-refractivity contribution < 1.29 is 0 Å². The molecule has 2 bridgehead atoms. The van der Waals surface area contributed by atoms with Crippen LogP contribution in [0.4, 0.5) is 0 Å². The number of aryl methyl sites for hydroxylation is 1. The maximum Gasteiger partial charge on any atom is 0.191 e. The summed E-state index contributed by atoms with van der Waals surface area (Å²) in [5, 5.41) is 7.11. The summed E-state index contributed by atoms with van der Waals surface area (Å²) in [6, 6.07) is 6.25. The molecule has 5 heteroatoms. The molecule has 1 aromatic heterocycles. The number of aromatic nitrogens is 1. The number of rotatable bonds is 5. The first-order valence-electron chi connectivity index (χ1n) is 9.84. The van der Waals surface area contributed by atoms with Crippen molar-refractivity contribution in [2.75, 3.05) is 20.1 Å². The van der Waals surface area contributed by atoms with Crippen LogP contribution in [0.15, 0.2) is 23.3 Å². The van der Waals surface area contributed by atoms with Gasteiger partial charge in [-0.3, -0.25) is 9.98 Å². The normalized spacial score (nSPS) is 27.2. The fourth-order valence-corrected chi connectivity index (χ4v) is 4.19. The predicted molar refractivity (Wildman–Crippen MR) is 104 cm³/mol. The molecular formula is C20H33N5. The van der Waals surface area contributed by atoms with Crippen LogP contribution < -0.4 is 10.6 Å². The van der Waals surface area contributed by atoms with Crippen LogP contribution in [-0.2, 0) is 6.42 Å². The van der Waals surface area contributed by atoms with Gasteiger partial charge >= 0.3 is 0 Å². The zero-order chi connectivity index (χ0) is 17.6. The maximum absolute atomic E-state index is 4.79. The largest absolute Gasteiger partial charge is 0.357 e. The standard InChI is InChI=1S/C20H33N5/c1-4-21-20(22-11-10-16-9-8-15(2)23-14-16)24-17-12-18-6-5-7-19(13-17)25(18)3/h8-9,14,17-19H,4-7,10-13H2,1-3H3,(H2,21,22,24). The molecule has 1 aromatic rings. The zero-order valence-electron chi connectivity index (χ0n) is 16.0. The molecule has 0 aromatic carbocycles. The lowest BCUT2D eigenvalue weighted by Crippen LogP contribution is -2.56. The van der Waals surface area contributed by atoms with Crippen molar-refractivity contribution in [1.82, 2.24) is 20.5 Å². The molecule has 2 fully saturated rings. The van der Waals surface area contributed by atoms with Crippen molar-refractivity contribution in [3.8, 4) is 0 Å². The summed E-state index contributed by atoms with van der Waals surface area (Å²) in [5.41, 5.74) is 2.31. The summed E-state index contributed by atoms with van der Waals surface area (Å²) in [6.45, 7) is 5.84. The second-order valence-electron chi connectivity index (χ2n) is 7.54. The van der Waals surface area contributed by atoms with Gasteiger partial charge in [-0.25, -0.2) is 0 Å². The van der Waals surface area contributed by atoms with Crippen LogP contribution >= 0.6 is 0 Å². The highest BCUT2D eigenvalue weighted by Crippen LogP contribution is 2.32. The van der Waals surface area contributed by atoms with Crippen molar-refractivity contribution in [2.24, 2.45) is 4.99 Å². The Morgan fingerprint density at radius 1 is 1.28 bits per heavy atom. The van der Waals surface area contributed by atoms with Gasteiger partial charge in [0.05, 0.1) is 0 Å². The third-order valence-electron chi connectivity index (χ3n) is 5.67. The molecule has 3 rings (SSSR count). The minimum Gasteiger partial charge on any atom is -0.357 e. The molecule has 2 aliphatic rings. The number of aliphatic imine (C=N–C) groups is 1. The van der Waals surface area contributed by atoms with Gasteiger partial charge in [-0.2, -0.15) is 0 Å². The van der Waals surface area contributed by atoms with Gasteiger partial charge in [-0.1, -0.05) is 12.5 Å². The van der Waals surface area contributed by atoms with E-state index in [0.717, 1.165) is 43.2 Å². The minimum atomic E-state index is 0.547. The van der Waals surface area contributed by atoms with Gasteiger partial charge in [0.25, 0.3) is 0 Å². The van der Waals surface area contributed by atoms with Crippen molar-refractivity contribution in [2.45, 2.75) is 70.5 Å². The van der Waals surface area contributed by atoms with E-state index in [9.17, 15) is 0 Å². The lowest BCUT2D eigenvalue weighted by atomic mass is 9.82. The molecule has 25 heavy (non-hydrogen) atoms. The molecule has 2 unspecified atom stereocenters. The molecule has 5 nitrogen and oxygen atoms in total. The SMILES string of the molecule is CCNC(=NCCc1ccc(C)nc1)NC1CC2CCCC(C1)N2C. The highest BCUT2D eigenvalue weighted by atomic mass is 15.2. The Labute approximate surface area is 152 Å². The van der Waals surface area contributed by atoms with Crippen LogP contribution in [0, 0.1) is 6.92 Å². The third-order valence-corrected chi connectivity index (χ3v) is 5.67. The van der Waals surface area contributed by atoms with Gasteiger partial charge < -0.3 is 15.5 Å². The molecule has 2 saturated heterocycles. The van der Waals surface area contributed by atoms with Crippen molar-refractivity contribution >= 4 is 5.96 Å². The van der Waals surface area contributed by atoms with E-state index in [4.69, 9.17) is 4.99 Å². The summed E-state index contributed by atoms with van der Waals surface area (Å²) in [6.07, 6.45) is 9.45. The third kappa shape index (κ3) is 4.94. The number of piperidine rings is 2. The van der Waals surface area contributed by atoms with Crippen LogP contribution in [-0.4, -0.2) is 54.1 Å². The number of nitrogens with zero attached hydrogens (tertiary/aromatic N) is 3. The van der Waals surface area contributed by atoms with E-state index >= 15 is 0 Å². The molecule has 2 N–H and O–H groups in total.